The molecule has 0 aliphatic rings. The first-order chi connectivity index (χ1) is 9.62. The van der Waals surface area contributed by atoms with Crippen molar-refractivity contribution >= 4 is 22.4 Å². The minimum Gasteiger partial charge on any atom is -0.395 e. The molecule has 114 valence electrons. The SMILES string of the molecule is CCN(C(C)=O)c1nc(CN(CCO)CCOC)cs1. The van der Waals surface area contributed by atoms with Gasteiger partial charge in [0.15, 0.2) is 5.13 Å². The summed E-state index contributed by atoms with van der Waals surface area (Å²) in [6.45, 7) is 6.79. The maximum Gasteiger partial charge on any atom is 0.225 e. The monoisotopic (exact) mass is 301 g/mol. The van der Waals surface area contributed by atoms with Gasteiger partial charge in [-0.3, -0.25) is 14.6 Å². The first-order valence-electron chi connectivity index (χ1n) is 6.67. The number of rotatable bonds is 9. The van der Waals surface area contributed by atoms with Crippen LogP contribution in [0.15, 0.2) is 5.38 Å². The van der Waals surface area contributed by atoms with E-state index in [1.165, 1.54) is 11.3 Å². The van der Waals surface area contributed by atoms with Crippen molar-refractivity contribution < 1.29 is 14.6 Å². The van der Waals surface area contributed by atoms with Gasteiger partial charge < -0.3 is 9.84 Å². The zero-order valence-electron chi connectivity index (χ0n) is 12.3. The fourth-order valence-corrected chi connectivity index (χ4v) is 2.77. The lowest BCUT2D eigenvalue weighted by atomic mass is 10.4. The highest BCUT2D eigenvalue weighted by Gasteiger charge is 2.14. The highest BCUT2D eigenvalue weighted by Crippen LogP contribution is 2.21. The molecule has 1 heterocycles. The molecule has 20 heavy (non-hydrogen) atoms. The van der Waals surface area contributed by atoms with Gasteiger partial charge >= 0.3 is 0 Å². The number of anilines is 1. The number of amides is 1. The van der Waals surface area contributed by atoms with E-state index in [2.05, 4.69) is 9.88 Å². The van der Waals surface area contributed by atoms with Crippen molar-refractivity contribution in [3.05, 3.63) is 11.1 Å². The fourth-order valence-electron chi connectivity index (χ4n) is 1.85. The standard InChI is InChI=1S/C13H23N3O3S/c1-4-16(11(2)18)13-14-12(10-20-13)9-15(5-7-17)6-8-19-3/h10,17H,4-9H2,1-3H3. The van der Waals surface area contributed by atoms with Crippen LogP contribution in [0.5, 0.6) is 0 Å². The van der Waals surface area contributed by atoms with E-state index in [9.17, 15) is 4.79 Å². The van der Waals surface area contributed by atoms with Crippen LogP contribution in [0, 0.1) is 0 Å². The largest absolute Gasteiger partial charge is 0.395 e. The van der Waals surface area contributed by atoms with E-state index in [-0.39, 0.29) is 12.5 Å². The number of carbonyl (C=O) groups excluding carboxylic acids is 1. The third kappa shape index (κ3) is 5.16. The summed E-state index contributed by atoms with van der Waals surface area (Å²) in [5.41, 5.74) is 0.911. The van der Waals surface area contributed by atoms with Gasteiger partial charge in [0.05, 0.1) is 18.9 Å². The maximum atomic E-state index is 11.5. The molecule has 0 saturated carbocycles. The van der Waals surface area contributed by atoms with Gasteiger partial charge in [0, 0.05) is 45.6 Å². The smallest absolute Gasteiger partial charge is 0.225 e. The Bertz CT molecular complexity index is 411. The Kier molecular flexibility index (Phi) is 7.68. The molecule has 1 rings (SSSR count). The van der Waals surface area contributed by atoms with Crippen LogP contribution in [0.2, 0.25) is 0 Å². The van der Waals surface area contributed by atoms with Crippen LogP contribution in [0.25, 0.3) is 0 Å². The molecule has 1 amide bonds. The number of nitrogens with zero attached hydrogens (tertiary/aromatic N) is 3. The second-order valence-electron chi connectivity index (χ2n) is 4.38. The predicted molar refractivity (Wildman–Crippen MR) is 80.1 cm³/mol. The van der Waals surface area contributed by atoms with Crippen LogP contribution < -0.4 is 4.90 Å². The van der Waals surface area contributed by atoms with E-state index in [1.54, 1.807) is 18.9 Å². The van der Waals surface area contributed by atoms with Gasteiger partial charge in [0.2, 0.25) is 5.91 Å². The molecular formula is C13H23N3O3S. The Hall–Kier alpha value is -1.02. The summed E-state index contributed by atoms with van der Waals surface area (Å²) >= 11 is 1.47. The fraction of sp³-hybridized carbons (Fsp3) is 0.692. The Morgan fingerprint density at radius 2 is 2.25 bits per heavy atom. The van der Waals surface area contributed by atoms with Crippen LogP contribution in [0.4, 0.5) is 5.13 Å². The van der Waals surface area contributed by atoms with Gasteiger partial charge in [-0.1, -0.05) is 0 Å². The van der Waals surface area contributed by atoms with E-state index in [0.717, 1.165) is 17.4 Å². The number of thiazole rings is 1. The third-order valence-electron chi connectivity index (χ3n) is 2.88. The molecule has 1 aromatic heterocycles. The van der Waals surface area contributed by atoms with E-state index in [1.807, 2.05) is 12.3 Å². The van der Waals surface area contributed by atoms with Crippen LogP contribution in [0.3, 0.4) is 0 Å². The highest BCUT2D eigenvalue weighted by molar-refractivity contribution is 7.14. The van der Waals surface area contributed by atoms with Gasteiger partial charge in [0.1, 0.15) is 0 Å². The average Bonchev–Trinajstić information content (AvgIpc) is 2.85. The quantitative estimate of drug-likeness (QED) is 0.736. The summed E-state index contributed by atoms with van der Waals surface area (Å²) in [7, 11) is 1.66. The second-order valence-corrected chi connectivity index (χ2v) is 5.21. The highest BCUT2D eigenvalue weighted by atomic mass is 32.1. The Balaban J connectivity index is 2.67. The molecule has 0 saturated heterocycles. The number of methoxy groups -OCH3 is 1. The first-order valence-corrected chi connectivity index (χ1v) is 7.55. The molecule has 0 aromatic carbocycles. The third-order valence-corrected chi connectivity index (χ3v) is 3.79. The Morgan fingerprint density at radius 1 is 1.50 bits per heavy atom. The lowest BCUT2D eigenvalue weighted by Gasteiger charge is -2.19. The minimum absolute atomic E-state index is 0.00000250. The van der Waals surface area contributed by atoms with Gasteiger partial charge in [-0.05, 0) is 6.92 Å². The van der Waals surface area contributed by atoms with E-state index < -0.39 is 0 Å². The number of aliphatic hydroxyl groups is 1. The van der Waals surface area contributed by atoms with E-state index in [0.29, 0.717) is 26.2 Å². The molecule has 7 heteroatoms. The number of aliphatic hydroxyl groups excluding tert-OH is 1. The number of hydrogen-bond donors (Lipinski definition) is 1. The lowest BCUT2D eigenvalue weighted by Crippen LogP contribution is -2.30. The molecule has 0 fully saturated rings. The number of carbonyl (C=O) groups is 1. The summed E-state index contributed by atoms with van der Waals surface area (Å²) < 4.78 is 5.05. The van der Waals surface area contributed by atoms with E-state index in [4.69, 9.17) is 9.84 Å². The molecule has 0 radical (unpaired) electrons. The molecule has 1 N–H and O–H groups in total. The van der Waals surface area contributed by atoms with Crippen molar-refractivity contribution in [1.29, 1.82) is 0 Å². The van der Waals surface area contributed by atoms with Crippen molar-refractivity contribution in [2.45, 2.75) is 20.4 Å². The molecule has 0 bridgehead atoms. The number of hydrogen-bond acceptors (Lipinski definition) is 6. The molecule has 0 unspecified atom stereocenters. The summed E-state index contributed by atoms with van der Waals surface area (Å²) in [5, 5.41) is 11.7. The van der Waals surface area contributed by atoms with Crippen LogP contribution in [-0.4, -0.2) is 60.9 Å². The van der Waals surface area contributed by atoms with Crippen LogP contribution >= 0.6 is 11.3 Å². The lowest BCUT2D eigenvalue weighted by molar-refractivity contribution is -0.116. The van der Waals surface area contributed by atoms with Crippen molar-refractivity contribution in [1.82, 2.24) is 9.88 Å². The summed E-state index contributed by atoms with van der Waals surface area (Å²) in [4.78, 5) is 19.7. The zero-order valence-corrected chi connectivity index (χ0v) is 13.2. The normalized spacial score (nSPS) is 11.1. The van der Waals surface area contributed by atoms with Gasteiger partial charge in [-0.15, -0.1) is 11.3 Å². The molecule has 1 aromatic rings. The summed E-state index contributed by atoms with van der Waals surface area (Å²) in [6.07, 6.45) is 0. The number of aromatic nitrogens is 1. The molecular weight excluding hydrogens is 278 g/mol. The van der Waals surface area contributed by atoms with Crippen LogP contribution in [-0.2, 0) is 16.1 Å². The summed E-state index contributed by atoms with van der Waals surface area (Å²) in [5.74, 6) is -0.00000250. The Labute approximate surface area is 124 Å². The Morgan fingerprint density at radius 3 is 2.80 bits per heavy atom. The molecule has 0 spiro atoms. The molecule has 0 aliphatic carbocycles. The number of ether oxygens (including phenoxy) is 1. The van der Waals surface area contributed by atoms with Crippen molar-refractivity contribution in [3.63, 3.8) is 0 Å². The summed E-state index contributed by atoms with van der Waals surface area (Å²) in [6, 6.07) is 0. The maximum absolute atomic E-state index is 11.5. The predicted octanol–water partition coefficient (Wildman–Crippen LogP) is 0.957. The minimum atomic E-state index is -0.00000250. The van der Waals surface area contributed by atoms with Gasteiger partial charge in [0.25, 0.3) is 0 Å². The van der Waals surface area contributed by atoms with Gasteiger partial charge in [-0.25, -0.2) is 4.98 Å². The molecule has 0 aliphatic heterocycles. The zero-order chi connectivity index (χ0) is 15.0. The molecule has 0 atom stereocenters. The van der Waals surface area contributed by atoms with Gasteiger partial charge in [-0.2, -0.15) is 0 Å². The van der Waals surface area contributed by atoms with Crippen molar-refractivity contribution in [2.24, 2.45) is 0 Å². The molecule has 6 nitrogen and oxygen atoms in total. The van der Waals surface area contributed by atoms with Crippen LogP contribution in [0.1, 0.15) is 19.5 Å². The second kappa shape index (κ2) is 9.02. The average molecular weight is 301 g/mol. The van der Waals surface area contributed by atoms with Crippen molar-refractivity contribution in [3.8, 4) is 0 Å². The first kappa shape index (κ1) is 17.0. The van der Waals surface area contributed by atoms with Crippen molar-refractivity contribution in [2.75, 3.05) is 44.9 Å². The van der Waals surface area contributed by atoms with E-state index >= 15 is 0 Å². The topological polar surface area (TPSA) is 65.9 Å².